The zero-order chi connectivity index (χ0) is 95.9. The maximum atomic E-state index is 13.4. The lowest BCUT2D eigenvalue weighted by Gasteiger charge is -2.23. The average molecular weight is 1850 g/mol. The van der Waals surface area contributed by atoms with Crippen molar-refractivity contribution in [3.8, 4) is 40.9 Å². The predicted octanol–water partition coefficient (Wildman–Crippen LogP) is 9.33. The van der Waals surface area contributed by atoms with Gasteiger partial charge in [0.05, 0.1) is 69.5 Å². The number of hydrogen-bond acceptors (Lipinski definition) is 27. The third-order valence-corrected chi connectivity index (χ3v) is 26.4. The number of nitrogens with zero attached hydrogens (tertiary/aromatic N) is 15. The van der Waals surface area contributed by atoms with Gasteiger partial charge in [0.1, 0.15) is 197 Å². The van der Waals surface area contributed by atoms with Gasteiger partial charge >= 0.3 is 0 Å². The number of aryl methyl sites for hydroxylation is 6. The summed E-state index contributed by atoms with van der Waals surface area (Å²) in [5.41, 5.74) is 16.0. The van der Waals surface area contributed by atoms with Crippen molar-refractivity contribution in [2.45, 2.75) is 202 Å². The van der Waals surface area contributed by atoms with E-state index in [0.29, 0.717) is 83.1 Å². The van der Waals surface area contributed by atoms with Gasteiger partial charge in [-0.25, -0.2) is 53.0 Å². The Morgan fingerprint density at radius 1 is 0.382 bits per heavy atom. The lowest BCUT2D eigenvalue weighted by molar-refractivity contribution is -0.0165. The van der Waals surface area contributed by atoms with E-state index in [9.17, 15) is 79.1 Å². The van der Waals surface area contributed by atoms with Gasteiger partial charge in [-0.05, 0) is 185 Å². The van der Waals surface area contributed by atoms with E-state index in [1.807, 2.05) is 128 Å². The summed E-state index contributed by atoms with van der Waals surface area (Å²) in [5, 5.41) is 131. The fraction of sp³-hybridized carbons (Fsp3) is 0.333. The van der Waals surface area contributed by atoms with Crippen molar-refractivity contribution >= 4 is 67.0 Å². The molecule has 0 radical (unpaired) electrons. The second-order valence-corrected chi connectivity index (χ2v) is 34.7. The molecule has 5 fully saturated rings. The first-order chi connectivity index (χ1) is 65.4. The van der Waals surface area contributed by atoms with Crippen molar-refractivity contribution in [3.63, 3.8) is 0 Å². The first-order valence-corrected chi connectivity index (χ1v) is 44.2. The van der Waals surface area contributed by atoms with Gasteiger partial charge in [-0.1, -0.05) is 24.3 Å². The Kier molecular flexibility index (Phi) is 27.0. The molecule has 0 bridgehead atoms. The number of para-hydroxylation sites is 1. The molecule has 5 aliphatic carbocycles. The summed E-state index contributed by atoms with van der Waals surface area (Å²) >= 11 is 0. The zero-order valence-electron chi connectivity index (χ0n) is 74.3. The number of pyridine rings is 2. The number of rotatable bonds is 16. The quantitative estimate of drug-likeness (QED) is 0.0428. The van der Waals surface area contributed by atoms with Crippen molar-refractivity contribution in [1.82, 2.24) is 68.0 Å². The molecule has 5 aromatic carbocycles. The number of nitriles is 2. The van der Waals surface area contributed by atoms with Crippen LogP contribution in [0.4, 0.5) is 13.2 Å². The van der Waals surface area contributed by atoms with Crippen LogP contribution >= 0.6 is 0 Å². The molecular weight excluding hydrogens is 1760 g/mol. The van der Waals surface area contributed by atoms with Crippen LogP contribution in [0.3, 0.4) is 0 Å². The number of benzene rings is 5. The topological polar surface area (TPSA) is 496 Å². The number of hydrogen-bond donors (Lipinski definition) is 12. The molecule has 0 spiro atoms. The van der Waals surface area contributed by atoms with Gasteiger partial charge in [0.15, 0.2) is 0 Å². The van der Waals surface area contributed by atoms with Crippen LogP contribution in [0.25, 0.3) is 55.2 Å². The molecule has 34 nitrogen and oxygen atoms in total. The smallest absolute Gasteiger partial charge is 0.255 e. The van der Waals surface area contributed by atoms with Gasteiger partial charge in [-0.2, -0.15) is 10.5 Å². The van der Waals surface area contributed by atoms with Crippen molar-refractivity contribution in [1.29, 1.82) is 10.5 Å². The van der Waals surface area contributed by atoms with E-state index in [2.05, 4.69) is 51.3 Å². The number of aliphatic hydroxyl groups is 10. The number of amides is 2. The molecule has 21 rings (SSSR count). The lowest BCUT2D eigenvalue weighted by Crippen LogP contribution is -2.36. The van der Waals surface area contributed by atoms with E-state index in [1.165, 1.54) is 49.3 Å². The number of carbonyl (C=O) groups excluding carboxylic acids is 2. The monoisotopic (exact) mass is 1850 g/mol. The van der Waals surface area contributed by atoms with Crippen LogP contribution in [-0.4, -0.2) is 224 Å². The van der Waals surface area contributed by atoms with Crippen LogP contribution in [0.2, 0.25) is 0 Å². The highest BCUT2D eigenvalue weighted by molar-refractivity contribution is 5.99. The first kappa shape index (κ1) is 93.5. The summed E-state index contributed by atoms with van der Waals surface area (Å²) < 4.78 is 78.6. The number of aromatic nitrogens is 13. The Bertz CT molecular complexity index is 7060. The van der Waals surface area contributed by atoms with E-state index >= 15 is 0 Å². The zero-order valence-corrected chi connectivity index (χ0v) is 74.3. The predicted molar refractivity (Wildman–Crippen MR) is 487 cm³/mol. The molecule has 11 heterocycles. The lowest BCUT2D eigenvalue weighted by atomic mass is 9.99. The maximum Gasteiger partial charge on any atom is 0.255 e. The van der Waals surface area contributed by atoms with Crippen LogP contribution < -0.4 is 34.7 Å². The molecule has 136 heavy (non-hydrogen) atoms. The van der Waals surface area contributed by atoms with E-state index in [4.69, 9.17) is 34.7 Å². The molecule has 2 amide bonds. The number of nitrogens with one attached hydrogen (secondary N) is 1. The largest absolute Gasteiger partial charge is 0.487 e. The second-order valence-electron chi connectivity index (χ2n) is 34.7. The van der Waals surface area contributed by atoms with E-state index < -0.39 is 121 Å². The van der Waals surface area contributed by atoms with Gasteiger partial charge in [0, 0.05) is 109 Å². The Morgan fingerprint density at radius 3 is 1.14 bits per heavy atom. The Labute approximate surface area is 775 Å². The van der Waals surface area contributed by atoms with Crippen LogP contribution in [0.15, 0.2) is 202 Å². The number of ether oxygens (including phenoxy) is 5. The van der Waals surface area contributed by atoms with E-state index in [-0.39, 0.29) is 58.9 Å². The minimum atomic E-state index is -1.21. The van der Waals surface area contributed by atoms with Gasteiger partial charge in [0.2, 0.25) is 0 Å². The number of fused-ring (bicyclic) bond motifs is 6. The van der Waals surface area contributed by atoms with Crippen molar-refractivity contribution in [2.75, 3.05) is 6.54 Å². The number of nitrogens with two attached hydrogens (primary N) is 1. The fourth-order valence-electron chi connectivity index (χ4n) is 19.1. The molecule has 6 aliphatic rings. The minimum Gasteiger partial charge on any atom is -0.487 e. The summed E-state index contributed by atoms with van der Waals surface area (Å²) in [5.74, 6) is -0.921. The van der Waals surface area contributed by atoms with E-state index in [0.717, 1.165) is 96.6 Å². The van der Waals surface area contributed by atoms with Gasteiger partial charge in [0.25, 0.3) is 11.8 Å². The highest BCUT2D eigenvalue weighted by Crippen LogP contribution is 2.44. The van der Waals surface area contributed by atoms with Crippen LogP contribution in [0, 0.1) is 81.7 Å². The standard InChI is InChI=1S/C22H23N3O4.C20H21FN2O3.C19H19FN4O4.C19H17FN4O3.C19H18N4O3/c1-12-5-8-23-21-14(12)7-10-25(21)15-11-17(20(27)19(15)26)29-16-4-2-3-13-6-9-24-22(28)18(13)16;1-11-5-7-22-20-14(11)6-8-23(20)15-10-17(19(25)18(15)24)26-16-4-3-13(21)9-12(16)2;1-9-11-4-5-24(19(11)23-8-22-9)13-7-15(17(26)16(13)25)28-14-3-2-10(20)6-12(14)18(21)27;1-10-13-4-5-24(19(13)23-9-22-10)14-7-16(18(26)17(14)25)27-15-3-2-12(20)6-11(15)8-21;1-11-13-6-7-23(19(13)22-10-21-11)14-8-16(18(25)17(14)24)26-15-5-3-2-4-12(15)9-20/h2-5,7-8,10,15,17,19-20,26-27H,6,9,11H2,1H3,(H,24,28);3-9,15,17-19,24-25H,10H2,1-2H3;2-6,8,13,15-17,25-26H,7H2,1H3,(H2,21,27);2-6,9,14,16-18,25-26H,7H2,1H3;2-7,10,14,16-18,24-25H,8H2,1H3/t15?,17?,19-,20+;15?,17?,18-,19+;13?,15?,16-,17+;14-,16+,17?,18?;14?,16?,17-,18+/m00000/s1. The first-order valence-electron chi connectivity index (χ1n) is 44.2. The van der Waals surface area contributed by atoms with Gasteiger partial charge in [-0.3, -0.25) is 9.59 Å². The number of halogens is 3. The normalized spacial score (nSPS) is 25.4. The van der Waals surface area contributed by atoms with Crippen LogP contribution in [0.5, 0.6) is 28.7 Å². The molecule has 702 valence electrons. The SMILES string of the molecule is Cc1cc(F)ccc1OC1CC(n2ccc3c(C)ccnc32)[C@H](O)[C@@H]1O.Cc1ccnc2c1ccn2C1CC(Oc2cccc3c2C(=O)NCC3)[C@@H](O)[C@H]1O.Cc1ncnc2c1ccn2C1CC(Oc2ccc(F)cc2C(N)=O)[C@@H](O)[C@H]1O.Cc1ncnc2c1ccn2C1CC(Oc2ccccc2C#N)[C@@H](O)[C@H]1O.Cc1ncnc2c1ccn2[C@H]1C[C@@H](Oc2ccc(F)cc2C#N)C(O)C1O. The molecule has 10 unspecified atom stereocenters. The van der Waals surface area contributed by atoms with Gasteiger partial charge in [-0.15, -0.1) is 0 Å². The Balaban J connectivity index is 0.000000118. The molecular formula is C99H98F3N17O17. The summed E-state index contributed by atoms with van der Waals surface area (Å²) in [7, 11) is 0. The fourth-order valence-corrected chi connectivity index (χ4v) is 19.1. The molecule has 1 aliphatic heterocycles. The molecule has 0 saturated heterocycles. The Morgan fingerprint density at radius 2 is 0.728 bits per heavy atom. The number of primary amides is 1. The molecule has 20 atom stereocenters. The number of aliphatic hydroxyl groups excluding tert-OH is 10. The highest BCUT2D eigenvalue weighted by Gasteiger charge is 2.50. The summed E-state index contributed by atoms with van der Waals surface area (Å²) in [6.07, 6.45) is 5.53. The molecule has 15 aromatic rings. The average Bonchev–Trinajstić information content (AvgIpc) is 1.61. The second kappa shape index (κ2) is 39.3. The third-order valence-electron chi connectivity index (χ3n) is 26.4. The van der Waals surface area contributed by atoms with Crippen molar-refractivity contribution in [2.24, 2.45) is 5.73 Å². The highest BCUT2D eigenvalue weighted by atomic mass is 19.1. The molecule has 10 aromatic heterocycles. The van der Waals surface area contributed by atoms with Crippen molar-refractivity contribution < 1.29 is 97.5 Å². The summed E-state index contributed by atoms with van der Waals surface area (Å²) in [6.45, 7) is 12.0. The third kappa shape index (κ3) is 18.4. The van der Waals surface area contributed by atoms with Crippen molar-refractivity contribution in [3.05, 3.63) is 281 Å². The maximum absolute atomic E-state index is 13.4. The molecule has 37 heteroatoms. The number of carbonyl (C=O) groups is 2. The Hall–Kier alpha value is -14.4. The van der Waals surface area contributed by atoms with Crippen LogP contribution in [-0.2, 0) is 6.42 Å². The summed E-state index contributed by atoms with van der Waals surface area (Å²) in [4.78, 5) is 58.2. The van der Waals surface area contributed by atoms with Gasteiger partial charge < -0.3 is 109 Å². The van der Waals surface area contributed by atoms with Crippen LogP contribution in [0.1, 0.15) is 133 Å². The minimum absolute atomic E-state index is 0.0370. The molecule has 13 N–H and O–H groups in total. The molecule has 5 saturated carbocycles. The van der Waals surface area contributed by atoms with E-state index in [1.54, 1.807) is 77.2 Å². The summed E-state index contributed by atoms with van der Waals surface area (Å²) in [6, 6.07) is 39.0.